The van der Waals surface area contributed by atoms with Gasteiger partial charge in [0.2, 0.25) is 6.29 Å². The van der Waals surface area contributed by atoms with Crippen LogP contribution >= 0.6 is 0 Å². The molecule has 1 nitrogen and oxygen atoms in total. The van der Waals surface area contributed by atoms with Crippen molar-refractivity contribution in [2.75, 3.05) is 0 Å². The van der Waals surface area contributed by atoms with E-state index < -0.39 is 0 Å². The summed E-state index contributed by atoms with van der Waals surface area (Å²) in [6, 6.07) is 0. The van der Waals surface area contributed by atoms with Crippen LogP contribution in [0.1, 0.15) is 44.9 Å². The Hall–Kier alpha value is -0.330. The predicted octanol–water partition coefficient (Wildman–Crippen LogP) is 2.46. The number of fused-ring (bicyclic) bond motifs is 2. The third-order valence-electron chi connectivity index (χ3n) is 3.44. The molecular weight excluding hydrogens is 136 g/mol. The van der Waals surface area contributed by atoms with Crippen molar-refractivity contribution in [1.29, 1.82) is 0 Å². The minimum absolute atomic E-state index is 0.0150. The van der Waals surface area contributed by atoms with Gasteiger partial charge in [-0.2, -0.15) is 0 Å². The van der Waals surface area contributed by atoms with Crippen LogP contribution in [0.5, 0.6) is 0 Å². The Labute approximate surface area is 68.2 Å². The van der Waals surface area contributed by atoms with E-state index in [9.17, 15) is 4.79 Å². The first-order chi connectivity index (χ1) is 5.35. The molecule has 61 valence electrons. The molecular formula is C10H15O. The van der Waals surface area contributed by atoms with Crippen LogP contribution in [0.25, 0.3) is 0 Å². The third-order valence-corrected chi connectivity index (χ3v) is 3.44. The third kappa shape index (κ3) is 1.21. The van der Waals surface area contributed by atoms with Crippen LogP contribution in [0, 0.1) is 11.3 Å². The average molecular weight is 151 g/mol. The maximum atomic E-state index is 10.8. The fourth-order valence-electron chi connectivity index (χ4n) is 2.75. The molecule has 1 heteroatoms. The van der Waals surface area contributed by atoms with Gasteiger partial charge in [-0.3, -0.25) is 4.79 Å². The van der Waals surface area contributed by atoms with Gasteiger partial charge < -0.3 is 0 Å². The van der Waals surface area contributed by atoms with E-state index in [1.54, 1.807) is 0 Å². The molecule has 0 aromatic rings. The lowest BCUT2D eigenvalue weighted by Gasteiger charge is -2.18. The minimum atomic E-state index is 0.0150. The van der Waals surface area contributed by atoms with Crippen molar-refractivity contribution in [1.82, 2.24) is 0 Å². The van der Waals surface area contributed by atoms with Crippen molar-refractivity contribution >= 4 is 6.29 Å². The van der Waals surface area contributed by atoms with Gasteiger partial charge in [0, 0.05) is 5.41 Å². The smallest absolute Gasteiger partial charge is 0.205 e. The molecule has 0 aliphatic heterocycles. The van der Waals surface area contributed by atoms with Gasteiger partial charge in [0.1, 0.15) is 0 Å². The first-order valence-electron chi connectivity index (χ1n) is 4.74. The molecule has 2 atom stereocenters. The largest absolute Gasteiger partial charge is 0.290 e. The monoisotopic (exact) mass is 151 g/mol. The lowest BCUT2D eigenvalue weighted by Crippen LogP contribution is -2.17. The van der Waals surface area contributed by atoms with Gasteiger partial charge in [-0.25, -0.2) is 0 Å². The lowest BCUT2D eigenvalue weighted by atomic mass is 9.83. The van der Waals surface area contributed by atoms with Gasteiger partial charge in [-0.15, -0.1) is 0 Å². The molecule has 0 amide bonds. The summed E-state index contributed by atoms with van der Waals surface area (Å²) in [6.07, 6.45) is 10.9. The Balaban J connectivity index is 2.14. The summed E-state index contributed by atoms with van der Waals surface area (Å²) in [7, 11) is 0. The lowest BCUT2D eigenvalue weighted by molar-refractivity contribution is 0.363. The fourth-order valence-corrected chi connectivity index (χ4v) is 2.75. The Bertz CT molecular complexity index is 164. The van der Waals surface area contributed by atoms with Gasteiger partial charge in [0.05, 0.1) is 0 Å². The normalized spacial score (nSPS) is 43.5. The molecule has 2 rings (SSSR count). The molecule has 2 unspecified atom stereocenters. The Morgan fingerprint density at radius 3 is 2.91 bits per heavy atom. The zero-order valence-electron chi connectivity index (χ0n) is 6.94. The molecule has 0 spiro atoms. The zero-order valence-corrected chi connectivity index (χ0v) is 6.94. The van der Waals surface area contributed by atoms with Crippen molar-refractivity contribution < 1.29 is 4.79 Å². The van der Waals surface area contributed by atoms with Crippen molar-refractivity contribution in [3.05, 3.63) is 0 Å². The van der Waals surface area contributed by atoms with Crippen LogP contribution in [-0.4, -0.2) is 6.29 Å². The van der Waals surface area contributed by atoms with Gasteiger partial charge >= 0.3 is 0 Å². The van der Waals surface area contributed by atoms with Crippen LogP contribution in [0.4, 0.5) is 0 Å². The number of hydrogen-bond acceptors (Lipinski definition) is 1. The van der Waals surface area contributed by atoms with E-state index in [1.165, 1.54) is 25.7 Å². The molecule has 0 aromatic heterocycles. The van der Waals surface area contributed by atoms with E-state index in [2.05, 4.69) is 6.29 Å². The van der Waals surface area contributed by atoms with Crippen LogP contribution in [-0.2, 0) is 4.79 Å². The van der Waals surface area contributed by atoms with Gasteiger partial charge in [0.15, 0.2) is 0 Å². The van der Waals surface area contributed by atoms with Gasteiger partial charge in [-0.05, 0) is 31.6 Å². The molecule has 1 radical (unpaired) electrons. The second-order valence-corrected chi connectivity index (χ2v) is 4.24. The molecule has 0 saturated heterocycles. The van der Waals surface area contributed by atoms with Crippen LogP contribution < -0.4 is 0 Å². The second-order valence-electron chi connectivity index (χ2n) is 4.24. The first kappa shape index (κ1) is 7.33. The molecule has 2 aliphatic carbocycles. The standard InChI is InChI=1S/C10H15O/c11-8-10-5-2-1-3-9(7-10)4-6-10/h9H,1-7H2. The number of rotatable bonds is 1. The topological polar surface area (TPSA) is 17.1 Å². The summed E-state index contributed by atoms with van der Waals surface area (Å²) in [5, 5.41) is 0. The van der Waals surface area contributed by atoms with Crippen LogP contribution in [0.3, 0.4) is 0 Å². The highest BCUT2D eigenvalue weighted by Gasteiger charge is 2.40. The molecule has 0 heterocycles. The predicted molar refractivity (Wildman–Crippen MR) is 43.9 cm³/mol. The van der Waals surface area contributed by atoms with Crippen molar-refractivity contribution in [2.45, 2.75) is 44.9 Å². The van der Waals surface area contributed by atoms with Crippen LogP contribution in [0.2, 0.25) is 0 Å². The van der Waals surface area contributed by atoms with Crippen LogP contribution in [0.15, 0.2) is 0 Å². The van der Waals surface area contributed by atoms with E-state index in [0.717, 1.165) is 25.2 Å². The Kier molecular flexibility index (Phi) is 1.74. The fraction of sp³-hybridized carbons (Fsp3) is 0.900. The SMILES string of the molecule is O=[C]C12CCCCC(CC1)C2. The molecule has 11 heavy (non-hydrogen) atoms. The average Bonchev–Trinajstić information content (AvgIpc) is 2.28. The molecule has 2 fully saturated rings. The molecule has 2 aliphatic rings. The highest BCUT2D eigenvalue weighted by Crippen LogP contribution is 2.48. The number of carbonyl (C=O) groups excluding carboxylic acids is 1. The Morgan fingerprint density at radius 2 is 2.09 bits per heavy atom. The van der Waals surface area contributed by atoms with E-state index in [0.29, 0.717) is 0 Å². The summed E-state index contributed by atoms with van der Waals surface area (Å²) in [5.41, 5.74) is 0.0150. The second kappa shape index (κ2) is 2.62. The van der Waals surface area contributed by atoms with E-state index >= 15 is 0 Å². The minimum Gasteiger partial charge on any atom is -0.290 e. The summed E-state index contributed by atoms with van der Waals surface area (Å²) >= 11 is 0. The maximum absolute atomic E-state index is 10.8. The first-order valence-corrected chi connectivity index (χ1v) is 4.74. The number of hydrogen-bond donors (Lipinski definition) is 0. The highest BCUT2D eigenvalue weighted by molar-refractivity contribution is 5.61. The molecule has 0 N–H and O–H groups in total. The molecule has 2 bridgehead atoms. The highest BCUT2D eigenvalue weighted by atomic mass is 16.1. The summed E-state index contributed by atoms with van der Waals surface area (Å²) in [4.78, 5) is 10.8. The van der Waals surface area contributed by atoms with E-state index in [1.807, 2.05) is 0 Å². The zero-order chi connectivity index (χ0) is 7.73. The molecule has 0 aromatic carbocycles. The van der Waals surface area contributed by atoms with Gasteiger partial charge in [0.25, 0.3) is 0 Å². The summed E-state index contributed by atoms with van der Waals surface area (Å²) in [5.74, 6) is 0.860. The summed E-state index contributed by atoms with van der Waals surface area (Å²) < 4.78 is 0. The maximum Gasteiger partial charge on any atom is 0.205 e. The van der Waals surface area contributed by atoms with Crippen molar-refractivity contribution in [3.63, 3.8) is 0 Å². The molecule has 2 saturated carbocycles. The van der Waals surface area contributed by atoms with Gasteiger partial charge in [-0.1, -0.05) is 19.3 Å². The summed E-state index contributed by atoms with van der Waals surface area (Å²) in [6.45, 7) is 0. The van der Waals surface area contributed by atoms with E-state index in [4.69, 9.17) is 0 Å². The van der Waals surface area contributed by atoms with E-state index in [-0.39, 0.29) is 5.41 Å². The van der Waals surface area contributed by atoms with Crippen molar-refractivity contribution in [2.24, 2.45) is 11.3 Å². The van der Waals surface area contributed by atoms with Crippen molar-refractivity contribution in [3.8, 4) is 0 Å². The quantitative estimate of drug-likeness (QED) is 0.562. The Morgan fingerprint density at radius 1 is 1.18 bits per heavy atom.